The number of nitrogens with one attached hydrogen (secondary N) is 2. The first kappa shape index (κ1) is 16.9. The third-order valence-corrected chi connectivity index (χ3v) is 2.46. The molecule has 3 N–H and O–H groups in total. The Labute approximate surface area is 108 Å². The summed E-state index contributed by atoms with van der Waals surface area (Å²) in [7, 11) is 1.59. The maximum atomic E-state index is 11.5. The molecule has 18 heavy (non-hydrogen) atoms. The first-order valence-corrected chi connectivity index (χ1v) is 6.33. The van der Waals surface area contributed by atoms with E-state index in [4.69, 9.17) is 9.84 Å². The van der Waals surface area contributed by atoms with Crippen LogP contribution in [0.1, 0.15) is 32.6 Å². The maximum absolute atomic E-state index is 11.5. The van der Waals surface area contributed by atoms with Crippen molar-refractivity contribution in [3.8, 4) is 0 Å². The summed E-state index contributed by atoms with van der Waals surface area (Å²) < 4.78 is 4.86. The zero-order valence-corrected chi connectivity index (χ0v) is 11.2. The van der Waals surface area contributed by atoms with Crippen molar-refractivity contribution in [2.24, 2.45) is 0 Å². The van der Waals surface area contributed by atoms with Crippen molar-refractivity contribution in [1.29, 1.82) is 0 Å². The number of unbranched alkanes of at least 4 members (excludes halogenated alkanes) is 1. The number of hydrogen-bond donors (Lipinski definition) is 3. The number of hydrogen-bond acceptors (Lipinski definition) is 4. The van der Waals surface area contributed by atoms with Gasteiger partial charge in [0.1, 0.15) is 6.04 Å². The van der Waals surface area contributed by atoms with Crippen LogP contribution in [0.3, 0.4) is 0 Å². The van der Waals surface area contributed by atoms with Gasteiger partial charge in [-0.15, -0.1) is 0 Å². The Balaban J connectivity index is 3.88. The molecule has 0 aliphatic heterocycles. The monoisotopic (exact) mass is 260 g/mol. The van der Waals surface area contributed by atoms with Gasteiger partial charge in [0.05, 0.1) is 6.42 Å². The minimum absolute atomic E-state index is 0.0357. The van der Waals surface area contributed by atoms with Crippen LogP contribution in [0.2, 0.25) is 0 Å². The van der Waals surface area contributed by atoms with Crippen molar-refractivity contribution >= 4 is 11.9 Å². The lowest BCUT2D eigenvalue weighted by Gasteiger charge is -2.14. The number of carbonyl (C=O) groups excluding carboxylic acids is 1. The number of carbonyl (C=O) groups is 2. The third-order valence-electron chi connectivity index (χ3n) is 2.46. The van der Waals surface area contributed by atoms with E-state index >= 15 is 0 Å². The van der Waals surface area contributed by atoms with Crippen LogP contribution < -0.4 is 10.6 Å². The molecule has 0 aliphatic rings. The molecule has 1 atom stereocenters. The van der Waals surface area contributed by atoms with Gasteiger partial charge in [-0.25, -0.2) is 0 Å². The quantitative estimate of drug-likeness (QED) is 0.467. The molecular weight excluding hydrogens is 236 g/mol. The molecule has 0 saturated carbocycles. The molecule has 0 fully saturated rings. The fourth-order valence-corrected chi connectivity index (χ4v) is 1.40. The molecule has 106 valence electrons. The first-order valence-electron chi connectivity index (χ1n) is 6.33. The summed E-state index contributed by atoms with van der Waals surface area (Å²) in [6.07, 6.45) is 2.59. The van der Waals surface area contributed by atoms with Gasteiger partial charge in [0.15, 0.2) is 0 Å². The highest BCUT2D eigenvalue weighted by atomic mass is 16.5. The van der Waals surface area contributed by atoms with E-state index in [2.05, 4.69) is 10.6 Å². The third kappa shape index (κ3) is 8.95. The van der Waals surface area contributed by atoms with Gasteiger partial charge in [-0.2, -0.15) is 0 Å². The van der Waals surface area contributed by atoms with Crippen molar-refractivity contribution in [2.75, 3.05) is 26.8 Å². The molecule has 0 aliphatic carbocycles. The van der Waals surface area contributed by atoms with Crippen LogP contribution in [-0.2, 0) is 14.3 Å². The van der Waals surface area contributed by atoms with Crippen molar-refractivity contribution in [3.05, 3.63) is 0 Å². The predicted molar refractivity (Wildman–Crippen MR) is 68.5 cm³/mol. The molecular formula is C12H24N2O4. The van der Waals surface area contributed by atoms with Crippen LogP contribution in [0.15, 0.2) is 0 Å². The van der Waals surface area contributed by atoms with E-state index in [0.717, 1.165) is 19.3 Å². The average Bonchev–Trinajstić information content (AvgIpc) is 2.33. The summed E-state index contributed by atoms with van der Waals surface area (Å²) in [6.45, 7) is 3.73. The normalized spacial score (nSPS) is 12.1. The summed E-state index contributed by atoms with van der Waals surface area (Å²) in [5, 5.41) is 14.5. The molecule has 0 saturated heterocycles. The Morgan fingerprint density at radius 3 is 2.56 bits per heavy atom. The lowest BCUT2D eigenvalue weighted by molar-refractivity contribution is -0.141. The van der Waals surface area contributed by atoms with Gasteiger partial charge in [0.2, 0.25) is 5.91 Å². The van der Waals surface area contributed by atoms with Gasteiger partial charge in [-0.3, -0.25) is 9.59 Å². The number of carboxylic acid groups (broad SMARTS) is 1. The van der Waals surface area contributed by atoms with Gasteiger partial charge in [0, 0.05) is 20.3 Å². The molecule has 6 heteroatoms. The molecule has 0 aromatic rings. The van der Waals surface area contributed by atoms with Gasteiger partial charge >= 0.3 is 5.97 Å². The number of aliphatic carboxylic acids is 1. The van der Waals surface area contributed by atoms with Crippen molar-refractivity contribution in [2.45, 2.75) is 38.6 Å². The minimum Gasteiger partial charge on any atom is -0.480 e. The average molecular weight is 260 g/mol. The number of carboxylic acids is 1. The fourth-order valence-electron chi connectivity index (χ4n) is 1.40. The molecule has 0 heterocycles. The van der Waals surface area contributed by atoms with Crippen LogP contribution in [0.25, 0.3) is 0 Å². The Morgan fingerprint density at radius 1 is 1.28 bits per heavy atom. The van der Waals surface area contributed by atoms with E-state index in [-0.39, 0.29) is 12.3 Å². The molecule has 0 spiro atoms. The number of amides is 1. The summed E-state index contributed by atoms with van der Waals surface area (Å²) in [5.41, 5.74) is 0. The molecule has 0 aromatic heterocycles. The Kier molecular flexibility index (Phi) is 10.3. The topological polar surface area (TPSA) is 87.7 Å². The molecule has 0 bridgehead atoms. The number of rotatable bonds is 11. The summed E-state index contributed by atoms with van der Waals surface area (Å²) in [4.78, 5) is 22.4. The largest absolute Gasteiger partial charge is 0.480 e. The summed E-state index contributed by atoms with van der Waals surface area (Å²) in [5.74, 6) is -1.23. The maximum Gasteiger partial charge on any atom is 0.321 e. The number of ether oxygens (including phenoxy) is 1. The lowest BCUT2D eigenvalue weighted by atomic mass is 10.2. The molecule has 0 aromatic carbocycles. The van der Waals surface area contributed by atoms with Gasteiger partial charge in [0.25, 0.3) is 0 Å². The van der Waals surface area contributed by atoms with Crippen LogP contribution in [0, 0.1) is 0 Å². The zero-order valence-electron chi connectivity index (χ0n) is 11.2. The van der Waals surface area contributed by atoms with Gasteiger partial charge in [-0.1, -0.05) is 13.3 Å². The Morgan fingerprint density at radius 2 is 2.00 bits per heavy atom. The van der Waals surface area contributed by atoms with Crippen molar-refractivity contribution in [3.63, 3.8) is 0 Å². The second kappa shape index (κ2) is 11.0. The second-order valence-electron chi connectivity index (χ2n) is 4.10. The highest BCUT2D eigenvalue weighted by Gasteiger charge is 2.19. The standard InChI is InChI=1S/C12H24N2O4/c1-3-4-6-14-11(15)9-10(12(16)17)13-7-5-8-18-2/h10,13H,3-9H2,1-2H3,(H,14,15)(H,16,17)/t10-/m1/s1. The molecule has 6 nitrogen and oxygen atoms in total. The predicted octanol–water partition coefficient (Wildman–Crippen LogP) is 0.372. The highest BCUT2D eigenvalue weighted by molar-refractivity contribution is 5.84. The van der Waals surface area contributed by atoms with E-state index < -0.39 is 12.0 Å². The highest BCUT2D eigenvalue weighted by Crippen LogP contribution is 1.94. The minimum atomic E-state index is -1.00. The van der Waals surface area contributed by atoms with Crippen LogP contribution in [0.4, 0.5) is 0 Å². The summed E-state index contributed by atoms with van der Waals surface area (Å²) >= 11 is 0. The molecule has 0 rings (SSSR count). The van der Waals surface area contributed by atoms with E-state index in [1.165, 1.54) is 0 Å². The molecule has 0 radical (unpaired) electrons. The van der Waals surface area contributed by atoms with Gasteiger partial charge < -0.3 is 20.5 Å². The van der Waals surface area contributed by atoms with Crippen LogP contribution >= 0.6 is 0 Å². The second-order valence-corrected chi connectivity index (χ2v) is 4.10. The van der Waals surface area contributed by atoms with E-state index in [1.807, 2.05) is 6.92 Å². The number of methoxy groups -OCH3 is 1. The first-order chi connectivity index (χ1) is 8.61. The molecule has 1 amide bonds. The van der Waals surface area contributed by atoms with Crippen molar-refractivity contribution in [1.82, 2.24) is 10.6 Å². The van der Waals surface area contributed by atoms with Gasteiger partial charge in [-0.05, 0) is 19.4 Å². The van der Waals surface area contributed by atoms with Crippen LogP contribution in [-0.4, -0.2) is 49.8 Å². The summed E-state index contributed by atoms with van der Waals surface area (Å²) in [6, 6.07) is -0.830. The SMILES string of the molecule is CCCCNC(=O)C[C@@H](NCCCOC)C(=O)O. The molecule has 0 unspecified atom stereocenters. The fraction of sp³-hybridized carbons (Fsp3) is 0.833. The van der Waals surface area contributed by atoms with E-state index in [9.17, 15) is 9.59 Å². The van der Waals surface area contributed by atoms with E-state index in [0.29, 0.717) is 19.7 Å². The lowest BCUT2D eigenvalue weighted by Crippen LogP contribution is -2.42. The van der Waals surface area contributed by atoms with E-state index in [1.54, 1.807) is 7.11 Å². The van der Waals surface area contributed by atoms with Crippen LogP contribution in [0.5, 0.6) is 0 Å². The Hall–Kier alpha value is -1.14. The Bertz CT molecular complexity index is 246. The zero-order chi connectivity index (χ0) is 13.8. The van der Waals surface area contributed by atoms with Crippen molar-refractivity contribution < 1.29 is 19.4 Å². The smallest absolute Gasteiger partial charge is 0.321 e.